The van der Waals surface area contributed by atoms with Crippen LogP contribution < -0.4 is 11.1 Å². The van der Waals surface area contributed by atoms with E-state index in [1.807, 2.05) is 50.2 Å². The second kappa shape index (κ2) is 6.37. The fraction of sp³-hybridized carbons (Fsp3) is 0.312. The van der Waals surface area contributed by atoms with Crippen LogP contribution >= 0.6 is 15.9 Å². The first-order chi connectivity index (χ1) is 9.54. The summed E-state index contributed by atoms with van der Waals surface area (Å²) in [6.07, 6.45) is 0.885. The monoisotopic (exact) mass is 334 g/mol. The molecule has 0 aliphatic heterocycles. The van der Waals surface area contributed by atoms with Crippen LogP contribution in [0.2, 0.25) is 0 Å². The Hall–Kier alpha value is -1.39. The lowest BCUT2D eigenvalue weighted by Crippen LogP contribution is -2.40. The number of rotatable bonds is 4. The second-order valence-electron chi connectivity index (χ2n) is 5.04. The molecule has 1 amide bonds. The third-order valence-electron chi connectivity index (χ3n) is 3.69. The number of fused-ring (bicyclic) bond motifs is 1. The van der Waals surface area contributed by atoms with E-state index in [0.29, 0.717) is 0 Å². The minimum atomic E-state index is -0.484. The topological polar surface area (TPSA) is 55.1 Å². The summed E-state index contributed by atoms with van der Waals surface area (Å²) >= 11 is 3.52. The first-order valence-electron chi connectivity index (χ1n) is 6.78. The van der Waals surface area contributed by atoms with Crippen LogP contribution in [0.4, 0.5) is 5.69 Å². The SMILES string of the molecule is CC[C@H](C)[C@H](N)C(=O)Nc1ccc(Br)c2ccccc12. The number of hydrogen-bond acceptors (Lipinski definition) is 2. The van der Waals surface area contributed by atoms with E-state index in [1.54, 1.807) is 0 Å². The average Bonchev–Trinajstić information content (AvgIpc) is 2.48. The maximum atomic E-state index is 12.2. The average molecular weight is 335 g/mol. The Bertz CT molecular complexity index is 627. The summed E-state index contributed by atoms with van der Waals surface area (Å²) in [6, 6.07) is 11.3. The number of amides is 1. The van der Waals surface area contributed by atoms with E-state index in [-0.39, 0.29) is 11.8 Å². The Kier molecular flexibility index (Phi) is 4.78. The van der Waals surface area contributed by atoms with Gasteiger partial charge in [0, 0.05) is 15.5 Å². The van der Waals surface area contributed by atoms with Gasteiger partial charge in [0.25, 0.3) is 0 Å². The van der Waals surface area contributed by atoms with Gasteiger partial charge in [-0.25, -0.2) is 0 Å². The summed E-state index contributed by atoms with van der Waals surface area (Å²) in [5, 5.41) is 5.02. The number of benzene rings is 2. The molecule has 0 fully saturated rings. The van der Waals surface area contributed by atoms with Gasteiger partial charge >= 0.3 is 0 Å². The molecule has 0 aromatic heterocycles. The van der Waals surface area contributed by atoms with Crippen molar-refractivity contribution in [2.24, 2.45) is 11.7 Å². The van der Waals surface area contributed by atoms with Gasteiger partial charge in [0.2, 0.25) is 5.91 Å². The quantitative estimate of drug-likeness (QED) is 0.890. The van der Waals surface area contributed by atoms with E-state index in [9.17, 15) is 4.79 Å². The van der Waals surface area contributed by atoms with Crippen LogP contribution in [0.1, 0.15) is 20.3 Å². The Morgan fingerprint density at radius 1 is 1.25 bits per heavy atom. The summed E-state index contributed by atoms with van der Waals surface area (Å²) in [5.74, 6) is 0.0311. The van der Waals surface area contributed by atoms with Gasteiger partial charge < -0.3 is 11.1 Å². The molecule has 0 bridgehead atoms. The molecule has 4 heteroatoms. The summed E-state index contributed by atoms with van der Waals surface area (Å²) in [6.45, 7) is 4.02. The number of anilines is 1. The maximum Gasteiger partial charge on any atom is 0.241 e. The van der Waals surface area contributed by atoms with E-state index >= 15 is 0 Å². The molecule has 2 rings (SSSR count). The van der Waals surface area contributed by atoms with Gasteiger partial charge in [0.1, 0.15) is 0 Å². The lowest BCUT2D eigenvalue weighted by atomic mass is 9.99. The molecule has 3 nitrogen and oxygen atoms in total. The van der Waals surface area contributed by atoms with Crippen molar-refractivity contribution in [3.63, 3.8) is 0 Å². The van der Waals surface area contributed by atoms with Gasteiger partial charge in [-0.05, 0) is 23.4 Å². The fourth-order valence-corrected chi connectivity index (χ4v) is 2.58. The van der Waals surface area contributed by atoms with E-state index < -0.39 is 6.04 Å². The lowest BCUT2D eigenvalue weighted by Gasteiger charge is -2.18. The molecule has 0 saturated carbocycles. The summed E-state index contributed by atoms with van der Waals surface area (Å²) in [4.78, 5) is 12.2. The van der Waals surface area contributed by atoms with Crippen molar-refractivity contribution >= 4 is 38.3 Å². The van der Waals surface area contributed by atoms with Crippen LogP contribution in [0.5, 0.6) is 0 Å². The second-order valence-corrected chi connectivity index (χ2v) is 5.90. The van der Waals surface area contributed by atoms with Crippen molar-refractivity contribution in [3.05, 3.63) is 40.9 Å². The minimum absolute atomic E-state index is 0.133. The predicted octanol–water partition coefficient (Wildman–Crippen LogP) is 3.91. The van der Waals surface area contributed by atoms with Crippen molar-refractivity contribution in [3.8, 4) is 0 Å². The zero-order valence-electron chi connectivity index (χ0n) is 11.7. The van der Waals surface area contributed by atoms with Crippen LogP contribution in [0.15, 0.2) is 40.9 Å². The van der Waals surface area contributed by atoms with E-state index in [0.717, 1.165) is 27.4 Å². The molecule has 0 aliphatic rings. The van der Waals surface area contributed by atoms with Gasteiger partial charge in [0.15, 0.2) is 0 Å². The fourth-order valence-electron chi connectivity index (χ4n) is 2.10. The zero-order valence-corrected chi connectivity index (χ0v) is 13.3. The van der Waals surface area contributed by atoms with E-state index in [1.165, 1.54) is 0 Å². The van der Waals surface area contributed by atoms with Crippen LogP contribution in [0.25, 0.3) is 10.8 Å². The van der Waals surface area contributed by atoms with Crippen molar-refractivity contribution in [2.75, 3.05) is 5.32 Å². The molecule has 2 aromatic rings. The Balaban J connectivity index is 2.31. The molecular weight excluding hydrogens is 316 g/mol. The number of nitrogens with one attached hydrogen (secondary N) is 1. The highest BCUT2D eigenvalue weighted by Crippen LogP contribution is 2.30. The number of hydrogen-bond donors (Lipinski definition) is 2. The van der Waals surface area contributed by atoms with Crippen LogP contribution in [-0.2, 0) is 4.79 Å². The summed E-state index contributed by atoms with van der Waals surface area (Å²) in [5.41, 5.74) is 6.77. The van der Waals surface area contributed by atoms with E-state index in [4.69, 9.17) is 5.73 Å². The van der Waals surface area contributed by atoms with Crippen LogP contribution in [0.3, 0.4) is 0 Å². The maximum absolute atomic E-state index is 12.2. The molecule has 2 atom stereocenters. The summed E-state index contributed by atoms with van der Waals surface area (Å²) < 4.78 is 1.01. The van der Waals surface area contributed by atoms with Crippen LogP contribution in [0, 0.1) is 5.92 Å². The number of halogens is 1. The van der Waals surface area contributed by atoms with Gasteiger partial charge in [-0.3, -0.25) is 4.79 Å². The molecule has 0 spiro atoms. The zero-order chi connectivity index (χ0) is 14.7. The smallest absolute Gasteiger partial charge is 0.241 e. The van der Waals surface area contributed by atoms with Gasteiger partial charge in [-0.15, -0.1) is 0 Å². The van der Waals surface area contributed by atoms with Gasteiger partial charge in [-0.1, -0.05) is 60.5 Å². The molecule has 3 N–H and O–H groups in total. The number of carbonyl (C=O) groups is 1. The normalized spacial score (nSPS) is 14.0. The minimum Gasteiger partial charge on any atom is -0.324 e. The molecule has 0 saturated heterocycles. The van der Waals surface area contributed by atoms with Crippen molar-refractivity contribution in [1.82, 2.24) is 0 Å². The molecule has 0 unspecified atom stereocenters. The number of carbonyl (C=O) groups excluding carboxylic acids is 1. The molecule has 20 heavy (non-hydrogen) atoms. The largest absolute Gasteiger partial charge is 0.324 e. The molecular formula is C16H19BrN2O. The Morgan fingerprint density at radius 3 is 2.55 bits per heavy atom. The predicted molar refractivity (Wildman–Crippen MR) is 87.7 cm³/mol. The van der Waals surface area contributed by atoms with Crippen LogP contribution in [-0.4, -0.2) is 11.9 Å². The highest BCUT2D eigenvalue weighted by Gasteiger charge is 2.20. The van der Waals surface area contributed by atoms with Gasteiger partial charge in [0.05, 0.1) is 6.04 Å². The molecule has 0 heterocycles. The molecule has 0 aliphatic carbocycles. The van der Waals surface area contributed by atoms with Crippen molar-refractivity contribution in [2.45, 2.75) is 26.3 Å². The summed E-state index contributed by atoms with van der Waals surface area (Å²) in [7, 11) is 0. The van der Waals surface area contributed by atoms with E-state index in [2.05, 4.69) is 21.2 Å². The third kappa shape index (κ3) is 3.02. The first kappa shape index (κ1) is 15.0. The molecule has 0 radical (unpaired) electrons. The van der Waals surface area contributed by atoms with Crippen molar-refractivity contribution < 1.29 is 4.79 Å². The highest BCUT2D eigenvalue weighted by atomic mass is 79.9. The third-order valence-corrected chi connectivity index (χ3v) is 4.38. The first-order valence-corrected chi connectivity index (χ1v) is 7.57. The van der Waals surface area contributed by atoms with Gasteiger partial charge in [-0.2, -0.15) is 0 Å². The number of nitrogens with two attached hydrogens (primary N) is 1. The lowest BCUT2D eigenvalue weighted by molar-refractivity contribution is -0.118. The Labute approximate surface area is 127 Å². The molecule has 106 valence electrons. The highest BCUT2D eigenvalue weighted by molar-refractivity contribution is 9.10. The standard InChI is InChI=1S/C16H19BrN2O/c1-3-10(2)15(18)16(20)19-14-9-8-13(17)11-6-4-5-7-12(11)14/h4-10,15H,3,18H2,1-2H3,(H,19,20)/t10-,15-/m0/s1. The Morgan fingerprint density at radius 2 is 1.90 bits per heavy atom. The molecule has 2 aromatic carbocycles. The van der Waals surface area contributed by atoms with Crippen molar-refractivity contribution in [1.29, 1.82) is 0 Å².